The Morgan fingerprint density at radius 2 is 2.00 bits per heavy atom. The summed E-state index contributed by atoms with van der Waals surface area (Å²) in [5.41, 5.74) is 2.75. The number of allylic oxidation sites excluding steroid dienone is 2. The number of carbonyl (C=O) groups excluding carboxylic acids is 1. The molecule has 1 amide bonds. The Labute approximate surface area is 194 Å². The molecule has 0 spiro atoms. The Hall–Kier alpha value is -3.95. The number of aromatic nitrogens is 3. The Kier molecular flexibility index (Phi) is 6.49. The van der Waals surface area contributed by atoms with Crippen molar-refractivity contribution in [2.24, 2.45) is 4.99 Å². The summed E-state index contributed by atoms with van der Waals surface area (Å²) >= 11 is 0. The standard InChI is InChI=1S/C24H23F3N6O/c1-15(11-18(14-28-2)33-9-3-4-10-33)16-5-7-20-19(12-16)22(32-31-20)23(34)30-17-6-8-21(29-13-17)24(25,26)27/h5-8,11-14H,2-4,9-10H2,1H3,(H,30,34)(H,31,32)/b15-11+,18-14+. The highest BCUT2D eigenvalue weighted by Crippen LogP contribution is 2.28. The summed E-state index contributed by atoms with van der Waals surface area (Å²) in [6, 6.07) is 7.58. The molecule has 1 aromatic carbocycles. The van der Waals surface area contributed by atoms with Crippen LogP contribution in [0.5, 0.6) is 0 Å². The molecule has 34 heavy (non-hydrogen) atoms. The molecule has 7 nitrogen and oxygen atoms in total. The van der Waals surface area contributed by atoms with Gasteiger partial charge in [-0.2, -0.15) is 18.3 Å². The Balaban J connectivity index is 1.59. The van der Waals surface area contributed by atoms with Crippen molar-refractivity contribution >= 4 is 34.8 Å². The lowest BCUT2D eigenvalue weighted by Crippen LogP contribution is -2.17. The summed E-state index contributed by atoms with van der Waals surface area (Å²) in [5.74, 6) is -0.555. The van der Waals surface area contributed by atoms with E-state index in [0.29, 0.717) is 10.9 Å². The second-order valence-corrected chi connectivity index (χ2v) is 7.97. The van der Waals surface area contributed by atoms with Gasteiger partial charge in [0.05, 0.1) is 23.1 Å². The molecule has 0 atom stereocenters. The van der Waals surface area contributed by atoms with Crippen molar-refractivity contribution in [3.63, 3.8) is 0 Å². The number of nitrogens with zero attached hydrogens (tertiary/aromatic N) is 4. The molecule has 2 N–H and O–H groups in total. The molecule has 1 fully saturated rings. The minimum Gasteiger partial charge on any atom is -0.370 e. The number of fused-ring (bicyclic) bond motifs is 1. The van der Waals surface area contributed by atoms with Gasteiger partial charge in [0, 0.05) is 24.7 Å². The van der Waals surface area contributed by atoms with E-state index in [0.717, 1.165) is 61.1 Å². The molecule has 2 aromatic heterocycles. The minimum absolute atomic E-state index is 0.132. The second-order valence-electron chi connectivity index (χ2n) is 7.97. The number of anilines is 1. The first kappa shape index (κ1) is 23.2. The van der Waals surface area contributed by atoms with Crippen molar-refractivity contribution in [3.8, 4) is 0 Å². The number of hydrogen-bond donors (Lipinski definition) is 2. The van der Waals surface area contributed by atoms with Crippen molar-refractivity contribution in [2.45, 2.75) is 25.9 Å². The van der Waals surface area contributed by atoms with Crippen LogP contribution in [0.2, 0.25) is 0 Å². The molecule has 1 aliphatic heterocycles. The molecule has 176 valence electrons. The minimum atomic E-state index is -4.55. The summed E-state index contributed by atoms with van der Waals surface area (Å²) in [7, 11) is 0. The third-order valence-electron chi connectivity index (χ3n) is 5.60. The van der Waals surface area contributed by atoms with Gasteiger partial charge in [0.2, 0.25) is 0 Å². The van der Waals surface area contributed by atoms with Crippen molar-refractivity contribution in [1.82, 2.24) is 20.1 Å². The number of likely N-dealkylation sites (tertiary alicyclic amines) is 1. The number of benzene rings is 1. The maximum absolute atomic E-state index is 12.8. The predicted molar refractivity (Wildman–Crippen MR) is 125 cm³/mol. The third kappa shape index (κ3) is 5.00. The topological polar surface area (TPSA) is 86.3 Å². The van der Waals surface area contributed by atoms with Gasteiger partial charge in [-0.25, -0.2) is 4.98 Å². The maximum Gasteiger partial charge on any atom is 0.433 e. The normalized spacial score (nSPS) is 15.1. The average Bonchev–Trinajstić information content (AvgIpc) is 3.48. The zero-order valence-corrected chi connectivity index (χ0v) is 18.5. The molecular weight excluding hydrogens is 445 g/mol. The summed E-state index contributed by atoms with van der Waals surface area (Å²) in [4.78, 5) is 22.3. The molecular formula is C24H23F3N6O. The highest BCUT2D eigenvalue weighted by molar-refractivity contribution is 6.11. The summed E-state index contributed by atoms with van der Waals surface area (Å²) in [6.07, 6.45) is 2.46. The fourth-order valence-electron chi connectivity index (χ4n) is 3.84. The van der Waals surface area contributed by atoms with Crippen molar-refractivity contribution < 1.29 is 18.0 Å². The van der Waals surface area contributed by atoms with Crippen molar-refractivity contribution in [2.75, 3.05) is 18.4 Å². The molecule has 1 aliphatic rings. The molecule has 1 saturated heterocycles. The molecule has 0 bridgehead atoms. The van der Waals surface area contributed by atoms with Crippen LogP contribution in [0.4, 0.5) is 18.9 Å². The number of aromatic amines is 1. The molecule has 3 heterocycles. The third-order valence-corrected chi connectivity index (χ3v) is 5.60. The van der Waals surface area contributed by atoms with Gasteiger partial charge in [0.1, 0.15) is 5.69 Å². The molecule has 0 radical (unpaired) electrons. The van der Waals surface area contributed by atoms with Crippen LogP contribution >= 0.6 is 0 Å². The highest BCUT2D eigenvalue weighted by atomic mass is 19.4. The largest absolute Gasteiger partial charge is 0.433 e. The van der Waals surface area contributed by atoms with E-state index in [1.807, 2.05) is 31.2 Å². The van der Waals surface area contributed by atoms with Gasteiger partial charge in [-0.1, -0.05) is 6.07 Å². The number of pyridine rings is 1. The molecule has 10 heteroatoms. The summed E-state index contributed by atoms with van der Waals surface area (Å²) < 4.78 is 38.1. The van der Waals surface area contributed by atoms with Crippen molar-refractivity contribution in [1.29, 1.82) is 0 Å². The number of alkyl halides is 3. The van der Waals surface area contributed by atoms with E-state index < -0.39 is 17.8 Å². The smallest absolute Gasteiger partial charge is 0.370 e. The lowest BCUT2D eigenvalue weighted by molar-refractivity contribution is -0.141. The van der Waals surface area contributed by atoms with Gasteiger partial charge in [-0.05, 0) is 68.0 Å². The number of H-pyrrole nitrogens is 1. The monoisotopic (exact) mass is 468 g/mol. The fraction of sp³-hybridized carbons (Fsp3) is 0.250. The number of hydrogen-bond acceptors (Lipinski definition) is 5. The maximum atomic E-state index is 12.8. The molecule has 3 aromatic rings. The number of nitrogens with one attached hydrogen (secondary N) is 2. The number of rotatable bonds is 6. The van der Waals surface area contributed by atoms with E-state index >= 15 is 0 Å². The van der Waals surface area contributed by atoms with Crippen LogP contribution in [0.25, 0.3) is 16.5 Å². The Bertz CT molecular complexity index is 1270. The molecule has 0 unspecified atom stereocenters. The van der Waals surface area contributed by atoms with Crippen LogP contribution in [0.15, 0.2) is 59.5 Å². The van der Waals surface area contributed by atoms with E-state index in [4.69, 9.17) is 0 Å². The Morgan fingerprint density at radius 1 is 1.24 bits per heavy atom. The first-order valence-corrected chi connectivity index (χ1v) is 10.7. The summed E-state index contributed by atoms with van der Waals surface area (Å²) in [5, 5.41) is 10.1. The summed E-state index contributed by atoms with van der Waals surface area (Å²) in [6.45, 7) is 7.48. The average molecular weight is 468 g/mol. The first-order chi connectivity index (χ1) is 16.3. The molecule has 0 aliphatic carbocycles. The van der Waals surface area contributed by atoms with E-state index in [-0.39, 0.29) is 11.4 Å². The molecule has 0 saturated carbocycles. The lowest BCUT2D eigenvalue weighted by Gasteiger charge is -2.19. The quantitative estimate of drug-likeness (QED) is 0.381. The number of aliphatic imine (C=N–C) groups is 1. The SMILES string of the molecule is C=N/C=C(\C=C(/C)c1ccc2[nH]nc(C(=O)Nc3ccc(C(F)(F)F)nc3)c2c1)N1CCCC1. The van der Waals surface area contributed by atoms with E-state index in [1.54, 1.807) is 6.20 Å². The van der Waals surface area contributed by atoms with E-state index in [1.165, 1.54) is 0 Å². The van der Waals surface area contributed by atoms with Crippen LogP contribution < -0.4 is 5.32 Å². The van der Waals surface area contributed by atoms with Crippen molar-refractivity contribution in [3.05, 3.63) is 71.5 Å². The van der Waals surface area contributed by atoms with Crippen LogP contribution in [-0.4, -0.2) is 45.8 Å². The zero-order chi connectivity index (χ0) is 24.3. The second kappa shape index (κ2) is 9.50. The van der Waals surface area contributed by atoms with E-state index in [2.05, 4.69) is 37.1 Å². The van der Waals surface area contributed by atoms with Crippen LogP contribution in [0, 0.1) is 0 Å². The van der Waals surface area contributed by atoms with Gasteiger partial charge in [0.15, 0.2) is 5.69 Å². The van der Waals surface area contributed by atoms with Crippen LogP contribution in [-0.2, 0) is 6.18 Å². The van der Waals surface area contributed by atoms with Crippen LogP contribution in [0.1, 0.15) is 41.5 Å². The zero-order valence-electron chi connectivity index (χ0n) is 18.5. The van der Waals surface area contributed by atoms with E-state index in [9.17, 15) is 18.0 Å². The Morgan fingerprint density at radius 3 is 2.65 bits per heavy atom. The fourth-order valence-corrected chi connectivity index (χ4v) is 3.84. The highest BCUT2D eigenvalue weighted by Gasteiger charge is 2.32. The first-order valence-electron chi connectivity index (χ1n) is 10.7. The molecule has 4 rings (SSSR count). The van der Waals surface area contributed by atoms with Gasteiger partial charge in [-0.15, -0.1) is 0 Å². The van der Waals surface area contributed by atoms with Gasteiger partial charge < -0.3 is 10.2 Å². The number of carbonyl (C=O) groups is 1. The van der Waals surface area contributed by atoms with Gasteiger partial charge in [-0.3, -0.25) is 14.9 Å². The number of halogens is 3. The number of amides is 1. The van der Waals surface area contributed by atoms with Gasteiger partial charge >= 0.3 is 6.18 Å². The lowest BCUT2D eigenvalue weighted by atomic mass is 10.0. The van der Waals surface area contributed by atoms with Crippen LogP contribution in [0.3, 0.4) is 0 Å². The predicted octanol–water partition coefficient (Wildman–Crippen LogP) is 5.27. The van der Waals surface area contributed by atoms with Gasteiger partial charge in [0.25, 0.3) is 5.91 Å².